The van der Waals surface area contributed by atoms with Crippen LogP contribution in [0.5, 0.6) is 0 Å². The largest absolute Gasteiger partial charge is 0.449 e. The molecule has 2 aromatic carbocycles. The summed E-state index contributed by atoms with van der Waals surface area (Å²) in [6.45, 7) is 1.67. The van der Waals surface area contributed by atoms with E-state index in [0.717, 1.165) is 5.56 Å². The van der Waals surface area contributed by atoms with Crippen molar-refractivity contribution in [1.82, 2.24) is 10.3 Å². The lowest BCUT2D eigenvalue weighted by Crippen LogP contribution is -2.35. The zero-order chi connectivity index (χ0) is 19.4. The molecule has 0 aliphatic carbocycles. The van der Waals surface area contributed by atoms with E-state index in [1.54, 1.807) is 36.4 Å². The number of ether oxygens (including phenoxy) is 1. The molecule has 3 aromatic rings. The maximum absolute atomic E-state index is 12.9. The molecule has 27 heavy (non-hydrogen) atoms. The van der Waals surface area contributed by atoms with Crippen molar-refractivity contribution in [2.24, 2.45) is 0 Å². The average Bonchev–Trinajstić information content (AvgIpc) is 2.66. The summed E-state index contributed by atoms with van der Waals surface area (Å²) in [5.41, 5.74) is 1.53. The lowest BCUT2D eigenvalue weighted by atomic mass is 10.1. The fourth-order valence-electron chi connectivity index (χ4n) is 2.52. The van der Waals surface area contributed by atoms with Gasteiger partial charge in [-0.2, -0.15) is 0 Å². The van der Waals surface area contributed by atoms with E-state index in [0.29, 0.717) is 10.9 Å². The van der Waals surface area contributed by atoms with Gasteiger partial charge < -0.3 is 10.1 Å². The van der Waals surface area contributed by atoms with Crippen molar-refractivity contribution in [2.75, 3.05) is 0 Å². The van der Waals surface area contributed by atoms with Crippen LogP contribution < -0.4 is 5.32 Å². The highest BCUT2D eigenvalue weighted by Crippen LogP contribution is 2.22. The minimum atomic E-state index is -1.01. The Balaban J connectivity index is 1.66. The van der Waals surface area contributed by atoms with Gasteiger partial charge in [0, 0.05) is 11.9 Å². The summed E-state index contributed by atoms with van der Waals surface area (Å²) in [4.78, 5) is 28.8. The minimum absolute atomic E-state index is 0.161. The lowest BCUT2D eigenvalue weighted by Gasteiger charge is -2.14. The van der Waals surface area contributed by atoms with Crippen molar-refractivity contribution in [2.45, 2.75) is 19.6 Å². The molecule has 0 unspecified atom stereocenters. The van der Waals surface area contributed by atoms with Gasteiger partial charge in [0.15, 0.2) is 6.10 Å². The maximum atomic E-state index is 12.9. The molecule has 1 heterocycles. The molecule has 3 rings (SSSR count). The zero-order valence-electron chi connectivity index (χ0n) is 14.4. The second-order valence-electron chi connectivity index (χ2n) is 5.90. The van der Waals surface area contributed by atoms with Crippen LogP contribution in [0, 0.1) is 5.82 Å². The Morgan fingerprint density at radius 1 is 1.19 bits per heavy atom. The number of para-hydroxylation sites is 1. The summed E-state index contributed by atoms with van der Waals surface area (Å²) >= 11 is 5.97. The molecule has 1 atom stereocenters. The summed E-state index contributed by atoms with van der Waals surface area (Å²) in [6.07, 6.45) is -1.01. The van der Waals surface area contributed by atoms with Crippen molar-refractivity contribution >= 4 is 34.4 Å². The number of nitrogens with zero attached hydrogens (tertiary/aromatic N) is 1. The van der Waals surface area contributed by atoms with Crippen LogP contribution in [0.3, 0.4) is 0 Å². The van der Waals surface area contributed by atoms with E-state index < -0.39 is 18.0 Å². The number of rotatable bonds is 5. The SMILES string of the molecule is C[C@H](OC(=O)c1cc(Cl)nc2ccccc12)C(=O)NCc1ccc(F)cc1. The number of nitrogens with one attached hydrogen (secondary N) is 1. The molecule has 0 aliphatic heterocycles. The molecule has 0 saturated carbocycles. The molecule has 0 fully saturated rings. The Morgan fingerprint density at radius 2 is 1.89 bits per heavy atom. The van der Waals surface area contributed by atoms with E-state index >= 15 is 0 Å². The van der Waals surface area contributed by atoms with Crippen LogP contribution in [0.2, 0.25) is 5.15 Å². The van der Waals surface area contributed by atoms with E-state index in [2.05, 4.69) is 10.3 Å². The number of benzene rings is 2. The van der Waals surface area contributed by atoms with Crippen molar-refractivity contribution in [3.63, 3.8) is 0 Å². The van der Waals surface area contributed by atoms with Crippen molar-refractivity contribution in [3.05, 3.63) is 76.7 Å². The summed E-state index contributed by atoms with van der Waals surface area (Å²) < 4.78 is 18.2. The fourth-order valence-corrected chi connectivity index (χ4v) is 2.72. The third kappa shape index (κ3) is 4.60. The van der Waals surface area contributed by atoms with Gasteiger partial charge in [-0.3, -0.25) is 4.79 Å². The molecule has 1 aromatic heterocycles. The number of hydrogen-bond acceptors (Lipinski definition) is 4. The Bertz CT molecular complexity index is 992. The zero-order valence-corrected chi connectivity index (χ0v) is 15.2. The molecule has 138 valence electrons. The van der Waals surface area contributed by atoms with Crippen LogP contribution in [0.15, 0.2) is 54.6 Å². The molecule has 1 N–H and O–H groups in total. The van der Waals surface area contributed by atoms with Crippen LogP contribution >= 0.6 is 11.6 Å². The molecular formula is C20H16ClFN2O3. The van der Waals surface area contributed by atoms with E-state index in [9.17, 15) is 14.0 Å². The monoisotopic (exact) mass is 386 g/mol. The first-order valence-corrected chi connectivity index (χ1v) is 8.60. The maximum Gasteiger partial charge on any atom is 0.339 e. The van der Waals surface area contributed by atoms with Gasteiger partial charge in [-0.05, 0) is 36.8 Å². The van der Waals surface area contributed by atoms with E-state index in [-0.39, 0.29) is 23.1 Å². The molecule has 0 aliphatic rings. The van der Waals surface area contributed by atoms with E-state index in [1.807, 2.05) is 0 Å². The molecule has 0 spiro atoms. The second-order valence-corrected chi connectivity index (χ2v) is 6.29. The predicted molar refractivity (Wildman–Crippen MR) is 99.9 cm³/mol. The third-order valence-electron chi connectivity index (χ3n) is 3.94. The molecular weight excluding hydrogens is 371 g/mol. The van der Waals surface area contributed by atoms with Gasteiger partial charge in [-0.1, -0.05) is 41.9 Å². The van der Waals surface area contributed by atoms with E-state index in [1.165, 1.54) is 25.1 Å². The Labute approximate surface area is 160 Å². The number of fused-ring (bicyclic) bond motifs is 1. The molecule has 0 saturated heterocycles. The lowest BCUT2D eigenvalue weighted by molar-refractivity contribution is -0.129. The number of aromatic nitrogens is 1. The summed E-state index contributed by atoms with van der Waals surface area (Å²) in [5, 5.41) is 3.40. The first kappa shape index (κ1) is 18.8. The van der Waals surface area contributed by atoms with Crippen molar-refractivity contribution in [1.29, 1.82) is 0 Å². The number of carbonyl (C=O) groups excluding carboxylic acids is 2. The number of carbonyl (C=O) groups is 2. The van der Waals surface area contributed by atoms with Gasteiger partial charge in [0.25, 0.3) is 5.91 Å². The quantitative estimate of drug-likeness (QED) is 0.533. The van der Waals surface area contributed by atoms with Crippen LogP contribution in [0.1, 0.15) is 22.8 Å². The highest BCUT2D eigenvalue weighted by atomic mass is 35.5. The predicted octanol–water partition coefficient (Wildman–Crippen LogP) is 3.89. The molecule has 7 heteroatoms. The fraction of sp³-hybridized carbons (Fsp3) is 0.150. The average molecular weight is 387 g/mol. The molecule has 1 amide bonds. The number of halogens is 2. The van der Waals surface area contributed by atoms with Gasteiger partial charge in [0.2, 0.25) is 0 Å². The van der Waals surface area contributed by atoms with Gasteiger partial charge in [0.05, 0.1) is 11.1 Å². The standard InChI is InChI=1S/C20H16ClFN2O3/c1-12(19(25)23-11-13-6-8-14(22)9-7-13)27-20(26)16-10-18(21)24-17-5-3-2-4-15(16)17/h2-10,12H,11H2,1H3,(H,23,25)/t12-/m0/s1. The van der Waals surface area contributed by atoms with Crippen LogP contribution in [-0.2, 0) is 16.1 Å². The molecule has 0 bridgehead atoms. The third-order valence-corrected chi connectivity index (χ3v) is 4.13. The minimum Gasteiger partial charge on any atom is -0.449 e. The summed E-state index contributed by atoms with van der Waals surface area (Å²) in [6, 6.07) is 14.2. The number of hydrogen-bond donors (Lipinski definition) is 1. The van der Waals surface area contributed by atoms with Gasteiger partial charge in [0.1, 0.15) is 11.0 Å². The Morgan fingerprint density at radius 3 is 2.63 bits per heavy atom. The first-order valence-electron chi connectivity index (χ1n) is 8.22. The first-order chi connectivity index (χ1) is 12.9. The highest BCUT2D eigenvalue weighted by molar-refractivity contribution is 6.30. The van der Waals surface area contributed by atoms with Crippen molar-refractivity contribution in [3.8, 4) is 0 Å². The van der Waals surface area contributed by atoms with Crippen LogP contribution in [-0.4, -0.2) is 23.0 Å². The second kappa shape index (κ2) is 8.14. The summed E-state index contributed by atoms with van der Waals surface area (Å²) in [5.74, 6) is -1.48. The number of esters is 1. The van der Waals surface area contributed by atoms with Gasteiger partial charge in [-0.25, -0.2) is 14.2 Å². The Hall–Kier alpha value is -2.99. The number of pyridine rings is 1. The van der Waals surface area contributed by atoms with E-state index in [4.69, 9.17) is 16.3 Å². The smallest absolute Gasteiger partial charge is 0.339 e. The van der Waals surface area contributed by atoms with Gasteiger partial charge in [-0.15, -0.1) is 0 Å². The number of amides is 1. The summed E-state index contributed by atoms with van der Waals surface area (Å²) in [7, 11) is 0. The molecule has 0 radical (unpaired) electrons. The van der Waals surface area contributed by atoms with Crippen molar-refractivity contribution < 1.29 is 18.7 Å². The normalized spacial score (nSPS) is 11.8. The topological polar surface area (TPSA) is 68.3 Å². The highest BCUT2D eigenvalue weighted by Gasteiger charge is 2.21. The molecule has 5 nitrogen and oxygen atoms in total. The van der Waals surface area contributed by atoms with Crippen LogP contribution in [0.25, 0.3) is 10.9 Å². The van der Waals surface area contributed by atoms with Crippen LogP contribution in [0.4, 0.5) is 4.39 Å². The van der Waals surface area contributed by atoms with Gasteiger partial charge >= 0.3 is 5.97 Å². The Kier molecular flexibility index (Phi) is 5.66.